The summed E-state index contributed by atoms with van der Waals surface area (Å²) in [5.74, 6) is -2.02. The van der Waals surface area contributed by atoms with E-state index in [0.717, 1.165) is 16.5 Å². The van der Waals surface area contributed by atoms with E-state index in [1.165, 1.54) is 24.3 Å². The molecule has 0 fully saturated rings. The summed E-state index contributed by atoms with van der Waals surface area (Å²) >= 11 is 0. The van der Waals surface area contributed by atoms with Crippen molar-refractivity contribution < 1.29 is 14.0 Å². The molecular formula is C20H16FN3O2. The maximum absolute atomic E-state index is 13.9. The van der Waals surface area contributed by atoms with Crippen molar-refractivity contribution >= 4 is 28.8 Å². The van der Waals surface area contributed by atoms with Crippen molar-refractivity contribution in [3.63, 3.8) is 0 Å². The summed E-state index contributed by atoms with van der Waals surface area (Å²) in [6.45, 7) is 0. The number of nitrogens with zero attached hydrogens (tertiary/aromatic N) is 1. The number of fused-ring (bicyclic) bond motifs is 1. The highest BCUT2D eigenvalue weighted by atomic mass is 19.1. The molecule has 2 amide bonds. The number of rotatable bonds is 5. The lowest BCUT2D eigenvalue weighted by Crippen LogP contribution is -2.37. The zero-order chi connectivity index (χ0) is 18.5. The molecule has 1 aromatic heterocycles. The first-order valence-electron chi connectivity index (χ1n) is 7.92. The molecule has 0 aliphatic heterocycles. The Balaban J connectivity index is 1.81. The van der Waals surface area contributed by atoms with Crippen LogP contribution in [0, 0.1) is 5.82 Å². The highest BCUT2D eigenvalue weighted by Gasteiger charge is 2.22. The Bertz CT molecular complexity index is 996. The molecule has 0 saturated carbocycles. The fourth-order valence-corrected chi connectivity index (χ4v) is 2.63. The third-order valence-corrected chi connectivity index (χ3v) is 3.87. The zero-order valence-corrected chi connectivity index (χ0v) is 13.7. The van der Waals surface area contributed by atoms with Gasteiger partial charge in [-0.3, -0.25) is 14.6 Å². The van der Waals surface area contributed by atoms with Gasteiger partial charge in [0.15, 0.2) is 0 Å². The number of hydrogen-bond acceptors (Lipinski definition) is 3. The predicted molar refractivity (Wildman–Crippen MR) is 97.3 cm³/mol. The largest absolute Gasteiger partial charge is 0.368 e. The predicted octanol–water partition coefficient (Wildman–Crippen LogP) is 2.73. The molecule has 1 heterocycles. The van der Waals surface area contributed by atoms with Gasteiger partial charge >= 0.3 is 0 Å². The van der Waals surface area contributed by atoms with Crippen LogP contribution in [0.15, 0.2) is 66.9 Å². The first kappa shape index (κ1) is 17.3. The van der Waals surface area contributed by atoms with Gasteiger partial charge in [-0.2, -0.15) is 0 Å². The Labute approximate surface area is 149 Å². The van der Waals surface area contributed by atoms with Gasteiger partial charge in [0.1, 0.15) is 11.9 Å². The summed E-state index contributed by atoms with van der Waals surface area (Å²) in [6, 6.07) is 13.8. The lowest BCUT2D eigenvalue weighted by molar-refractivity contribution is -0.125. The van der Waals surface area contributed by atoms with Gasteiger partial charge in [-0.15, -0.1) is 0 Å². The first-order chi connectivity index (χ1) is 12.6. The average Bonchev–Trinajstić information content (AvgIpc) is 2.65. The number of aromatic nitrogens is 1. The smallest absolute Gasteiger partial charge is 0.244 e. The summed E-state index contributed by atoms with van der Waals surface area (Å²) < 4.78 is 13.9. The Kier molecular flexibility index (Phi) is 5.03. The van der Waals surface area contributed by atoms with Crippen molar-refractivity contribution in [2.75, 3.05) is 0 Å². The van der Waals surface area contributed by atoms with Gasteiger partial charge < -0.3 is 11.1 Å². The third-order valence-electron chi connectivity index (χ3n) is 3.87. The van der Waals surface area contributed by atoms with Crippen molar-refractivity contribution in [1.82, 2.24) is 10.3 Å². The number of halogens is 1. The van der Waals surface area contributed by atoms with E-state index in [0.29, 0.717) is 0 Å². The SMILES string of the molecule is NC(=O)[C@@H](NC(=O)/C=C/c1cccc2cccnc12)c1ccccc1F. The molecule has 130 valence electrons. The summed E-state index contributed by atoms with van der Waals surface area (Å²) in [6.07, 6.45) is 4.52. The standard InChI is InChI=1S/C20H16FN3O2/c21-16-9-2-1-8-15(16)19(20(22)26)24-17(25)11-10-14-6-3-5-13-7-4-12-23-18(13)14/h1-12,19H,(H2,22,26)(H,24,25)/b11-10+/t19-/m0/s1. The van der Waals surface area contributed by atoms with Crippen LogP contribution in [0.4, 0.5) is 4.39 Å². The molecule has 26 heavy (non-hydrogen) atoms. The van der Waals surface area contributed by atoms with E-state index in [4.69, 9.17) is 5.73 Å². The molecular weight excluding hydrogens is 333 g/mol. The molecule has 3 N–H and O–H groups in total. The molecule has 3 aromatic rings. The van der Waals surface area contributed by atoms with Crippen LogP contribution in [0.5, 0.6) is 0 Å². The van der Waals surface area contributed by atoms with Crippen molar-refractivity contribution in [3.8, 4) is 0 Å². The number of amides is 2. The van der Waals surface area contributed by atoms with Gasteiger partial charge in [0, 0.05) is 28.8 Å². The fourth-order valence-electron chi connectivity index (χ4n) is 2.63. The minimum absolute atomic E-state index is 0.0218. The molecule has 0 aliphatic carbocycles. The second-order valence-corrected chi connectivity index (χ2v) is 5.62. The van der Waals surface area contributed by atoms with E-state index in [1.807, 2.05) is 30.3 Å². The molecule has 0 radical (unpaired) electrons. The van der Waals surface area contributed by atoms with E-state index < -0.39 is 23.7 Å². The number of benzene rings is 2. The molecule has 0 bridgehead atoms. The van der Waals surface area contributed by atoms with Gasteiger partial charge in [0.05, 0.1) is 5.52 Å². The van der Waals surface area contributed by atoms with Crippen LogP contribution < -0.4 is 11.1 Å². The van der Waals surface area contributed by atoms with Crippen molar-refractivity contribution in [3.05, 3.63) is 83.8 Å². The van der Waals surface area contributed by atoms with Gasteiger partial charge in [-0.25, -0.2) is 4.39 Å². The molecule has 6 heteroatoms. The zero-order valence-electron chi connectivity index (χ0n) is 13.7. The Morgan fingerprint density at radius 2 is 1.85 bits per heavy atom. The molecule has 1 atom stereocenters. The highest BCUT2D eigenvalue weighted by Crippen LogP contribution is 2.18. The quantitative estimate of drug-likeness (QED) is 0.695. The summed E-state index contributed by atoms with van der Waals surface area (Å²) in [4.78, 5) is 28.1. The number of primary amides is 1. The first-order valence-corrected chi connectivity index (χ1v) is 7.92. The van der Waals surface area contributed by atoms with Crippen LogP contribution in [0.1, 0.15) is 17.2 Å². The number of nitrogens with one attached hydrogen (secondary N) is 1. The van der Waals surface area contributed by atoms with Gasteiger partial charge in [-0.1, -0.05) is 42.5 Å². The molecule has 0 saturated heterocycles. The minimum Gasteiger partial charge on any atom is -0.368 e. The highest BCUT2D eigenvalue weighted by molar-refractivity contribution is 5.97. The monoisotopic (exact) mass is 349 g/mol. The molecule has 5 nitrogen and oxygen atoms in total. The number of nitrogens with two attached hydrogens (primary N) is 1. The van der Waals surface area contributed by atoms with Crippen molar-refractivity contribution in [2.24, 2.45) is 5.73 Å². The van der Waals surface area contributed by atoms with Crippen LogP contribution >= 0.6 is 0 Å². The number of carbonyl (C=O) groups is 2. The maximum Gasteiger partial charge on any atom is 0.244 e. The molecule has 3 rings (SSSR count). The van der Waals surface area contributed by atoms with Gasteiger partial charge in [0.2, 0.25) is 11.8 Å². The number of pyridine rings is 1. The summed E-state index contributed by atoms with van der Waals surface area (Å²) in [7, 11) is 0. The maximum atomic E-state index is 13.9. The Hall–Kier alpha value is -3.54. The van der Waals surface area contributed by atoms with Crippen molar-refractivity contribution in [1.29, 1.82) is 0 Å². The van der Waals surface area contributed by atoms with Gasteiger partial charge in [0.25, 0.3) is 0 Å². The number of hydrogen-bond donors (Lipinski definition) is 2. The molecule has 0 unspecified atom stereocenters. The van der Waals surface area contributed by atoms with Crippen LogP contribution in [0.3, 0.4) is 0 Å². The van der Waals surface area contributed by atoms with E-state index >= 15 is 0 Å². The van der Waals surface area contributed by atoms with E-state index in [-0.39, 0.29) is 5.56 Å². The molecule has 2 aromatic carbocycles. The molecule has 0 spiro atoms. The van der Waals surface area contributed by atoms with Crippen LogP contribution in [0.25, 0.3) is 17.0 Å². The van der Waals surface area contributed by atoms with E-state index in [9.17, 15) is 14.0 Å². The Morgan fingerprint density at radius 3 is 2.62 bits per heavy atom. The number of para-hydroxylation sites is 1. The molecule has 0 aliphatic rings. The topological polar surface area (TPSA) is 85.1 Å². The van der Waals surface area contributed by atoms with Crippen LogP contribution in [0.2, 0.25) is 0 Å². The Morgan fingerprint density at radius 1 is 1.08 bits per heavy atom. The number of carbonyl (C=O) groups excluding carboxylic acids is 2. The third kappa shape index (κ3) is 3.75. The summed E-state index contributed by atoms with van der Waals surface area (Å²) in [5, 5.41) is 3.37. The van der Waals surface area contributed by atoms with E-state index in [1.54, 1.807) is 18.3 Å². The van der Waals surface area contributed by atoms with Crippen molar-refractivity contribution in [2.45, 2.75) is 6.04 Å². The summed E-state index contributed by atoms with van der Waals surface area (Å²) in [5.41, 5.74) is 6.83. The normalized spacial score (nSPS) is 12.2. The van der Waals surface area contributed by atoms with Crippen LogP contribution in [-0.2, 0) is 9.59 Å². The lowest BCUT2D eigenvalue weighted by atomic mass is 10.1. The second kappa shape index (κ2) is 7.57. The van der Waals surface area contributed by atoms with Crippen LogP contribution in [-0.4, -0.2) is 16.8 Å². The van der Waals surface area contributed by atoms with Gasteiger partial charge in [-0.05, 0) is 18.2 Å². The minimum atomic E-state index is -1.25. The average molecular weight is 349 g/mol. The second-order valence-electron chi connectivity index (χ2n) is 5.62. The lowest BCUT2D eigenvalue weighted by Gasteiger charge is -2.15. The fraction of sp³-hybridized carbons (Fsp3) is 0.0500. The van der Waals surface area contributed by atoms with E-state index in [2.05, 4.69) is 10.3 Å².